The molecule has 0 aliphatic heterocycles. The summed E-state index contributed by atoms with van der Waals surface area (Å²) in [5.74, 6) is 2.79. The Morgan fingerprint density at radius 3 is 0.632 bits per heavy atom. The van der Waals surface area contributed by atoms with Gasteiger partial charge in [0.1, 0.15) is 35.4 Å². The predicted molar refractivity (Wildman–Crippen MR) is 217 cm³/mol. The van der Waals surface area contributed by atoms with Crippen LogP contribution in [0.15, 0.2) is 158 Å². The van der Waals surface area contributed by atoms with E-state index in [4.69, 9.17) is 31.9 Å². The van der Waals surface area contributed by atoms with Crippen molar-refractivity contribution in [1.82, 2.24) is 29.9 Å². The van der Waals surface area contributed by atoms with Crippen LogP contribution in [0.1, 0.15) is 0 Å². The summed E-state index contributed by atoms with van der Waals surface area (Å²) in [6, 6.07) is 42.0. The molecule has 9 aromatic rings. The molecule has 271 valence electrons. The molecular weight excluding hydrogens is 760 g/mol. The third-order valence-corrected chi connectivity index (χ3v) is 7.70. The summed E-state index contributed by atoms with van der Waals surface area (Å²) in [5.41, 5.74) is 5.06. The third-order valence-electron chi connectivity index (χ3n) is 7.70. The van der Waals surface area contributed by atoms with Crippen LogP contribution in [0.25, 0.3) is 76.2 Å². The second-order valence-electron chi connectivity index (χ2n) is 11.1. The number of fused-ring (bicyclic) bond motifs is 9. The molecule has 0 aliphatic rings. The van der Waals surface area contributed by atoms with E-state index in [1.54, 1.807) is 37.2 Å². The molecule has 0 spiro atoms. The fourth-order valence-corrected chi connectivity index (χ4v) is 5.19. The van der Waals surface area contributed by atoms with Crippen molar-refractivity contribution < 1.29 is 17.1 Å². The van der Waals surface area contributed by atoms with Gasteiger partial charge in [-0.3, -0.25) is 29.9 Å². The number of aromatic nitrogens is 6. The molecule has 0 bridgehead atoms. The molecule has 9 rings (SSSR count). The van der Waals surface area contributed by atoms with E-state index in [0.717, 1.165) is 65.4 Å². The summed E-state index contributed by atoms with van der Waals surface area (Å²) in [7, 11) is 0. The van der Waals surface area contributed by atoms with Gasteiger partial charge >= 0.3 is 17.1 Å². The van der Waals surface area contributed by atoms with Crippen molar-refractivity contribution in [2.75, 3.05) is 0 Å². The maximum absolute atomic E-state index is 7.79. The molecule has 6 heterocycles. The first-order valence-corrected chi connectivity index (χ1v) is 16.4. The monoisotopic (exact) mass is 783 g/mol. The fraction of sp³-hybridized carbons (Fsp3) is 0. The van der Waals surface area contributed by atoms with Crippen molar-refractivity contribution in [3.8, 4) is 24.3 Å². The van der Waals surface area contributed by atoms with Gasteiger partial charge in [-0.1, -0.05) is 72.8 Å². The molecule has 3 aromatic carbocycles. The molecule has 0 N–H and O–H groups in total. The van der Waals surface area contributed by atoms with E-state index >= 15 is 0 Å². The zero-order valence-electron chi connectivity index (χ0n) is 29.5. The zero-order valence-corrected chi connectivity index (χ0v) is 30.5. The van der Waals surface area contributed by atoms with Gasteiger partial charge in [0.05, 0.1) is 33.1 Å². The standard InChI is InChI=1S/3C12H8N2.2C4N3.Cu/c3*1-3-9-5-6-10-4-2-8-14-12(10)11(9)13-7-1;2*5-1-4(2-6)3-7;/h3*1-8H;;;/q;;;2*-1;+2. The second-order valence-corrected chi connectivity index (χ2v) is 11.1. The van der Waals surface area contributed by atoms with E-state index < -0.39 is 11.1 Å². The molecule has 0 fully saturated rings. The SMILES string of the molecule is N#CC(=C=[N-])C#N.N#CC(=C=[N-])C#N.[Cu+2].c1cnc2c(c1)ccc1cccnc12.c1cnc2c(c1)ccc1cccnc12.c1cnc2c(c1)ccc1cccnc12. The molecule has 0 aliphatic carbocycles. The summed E-state index contributed by atoms with van der Waals surface area (Å²) in [6.07, 6.45) is 10.8. The van der Waals surface area contributed by atoms with Crippen LogP contribution in [0.5, 0.6) is 0 Å². The summed E-state index contributed by atoms with van der Waals surface area (Å²) in [5, 5.41) is 53.6. The van der Waals surface area contributed by atoms with Gasteiger partial charge in [0.25, 0.3) is 0 Å². The van der Waals surface area contributed by atoms with Gasteiger partial charge in [-0.25, -0.2) is 11.7 Å². The number of hydrogen-bond acceptors (Lipinski definition) is 10. The molecule has 6 aromatic heterocycles. The molecule has 13 heteroatoms. The van der Waals surface area contributed by atoms with Crippen molar-refractivity contribution in [3.05, 3.63) is 168 Å². The molecule has 0 amide bonds. The van der Waals surface area contributed by atoms with E-state index in [1.807, 2.05) is 36.4 Å². The van der Waals surface area contributed by atoms with E-state index in [2.05, 4.69) is 103 Å². The van der Waals surface area contributed by atoms with Crippen LogP contribution < -0.4 is 0 Å². The summed E-state index contributed by atoms with van der Waals surface area (Å²) >= 11 is 0. The van der Waals surface area contributed by atoms with Crippen molar-refractivity contribution in [2.45, 2.75) is 0 Å². The quantitative estimate of drug-likeness (QED) is 0.0616. The van der Waals surface area contributed by atoms with Crippen LogP contribution in [0.3, 0.4) is 0 Å². The largest absolute Gasteiger partial charge is 2.00 e. The van der Waals surface area contributed by atoms with Crippen molar-refractivity contribution in [2.24, 2.45) is 0 Å². The molecule has 12 nitrogen and oxygen atoms in total. The number of nitriles is 4. The first-order chi connectivity index (χ1) is 27.5. The van der Waals surface area contributed by atoms with Crippen molar-refractivity contribution in [3.63, 3.8) is 0 Å². The van der Waals surface area contributed by atoms with Gasteiger partial charge in [0, 0.05) is 69.5 Å². The van der Waals surface area contributed by atoms with Gasteiger partial charge in [-0.15, -0.1) is 0 Å². The Hall–Kier alpha value is -8.50. The molecule has 0 saturated heterocycles. The minimum absolute atomic E-state index is 0. The predicted octanol–water partition coefficient (Wildman–Crippen LogP) is 8.74. The summed E-state index contributed by atoms with van der Waals surface area (Å²) in [4.78, 5) is 26.1. The van der Waals surface area contributed by atoms with Gasteiger partial charge in [0.2, 0.25) is 0 Å². The average Bonchev–Trinajstić information content (AvgIpc) is 3.28. The third kappa shape index (κ3) is 10.6. The number of allylic oxidation sites excluding steroid dienone is 2. The van der Waals surface area contributed by atoms with E-state index in [0.29, 0.717) is 0 Å². The molecule has 0 atom stereocenters. The minimum atomic E-state index is -0.403. The van der Waals surface area contributed by atoms with E-state index in [9.17, 15) is 0 Å². The molecular formula is C44H24CuN12. The zero-order chi connectivity index (χ0) is 39.5. The number of nitrogens with zero attached hydrogens (tertiary/aromatic N) is 12. The molecule has 1 radical (unpaired) electrons. The molecule has 0 unspecified atom stereocenters. The Bertz CT molecular complexity index is 2620. The Balaban J connectivity index is 0.000000163. The van der Waals surface area contributed by atoms with Crippen LogP contribution in [0.4, 0.5) is 0 Å². The first-order valence-electron chi connectivity index (χ1n) is 16.4. The van der Waals surface area contributed by atoms with Gasteiger partial charge in [-0.2, -0.15) is 21.0 Å². The Kier molecular flexibility index (Phi) is 15.4. The minimum Gasteiger partial charge on any atom is -0.762 e. The molecule has 0 saturated carbocycles. The van der Waals surface area contributed by atoms with Gasteiger partial charge in [0.15, 0.2) is 0 Å². The Labute approximate surface area is 336 Å². The van der Waals surface area contributed by atoms with Crippen LogP contribution in [0, 0.1) is 45.3 Å². The Morgan fingerprint density at radius 2 is 0.509 bits per heavy atom. The van der Waals surface area contributed by atoms with Crippen LogP contribution in [-0.2, 0) is 17.1 Å². The van der Waals surface area contributed by atoms with Crippen molar-refractivity contribution >= 4 is 77.2 Å². The maximum atomic E-state index is 7.79. The normalized spacial score (nSPS) is 9.19. The Morgan fingerprint density at radius 1 is 0.333 bits per heavy atom. The van der Waals surface area contributed by atoms with Gasteiger partial charge < -0.3 is 10.8 Å². The fourth-order valence-electron chi connectivity index (χ4n) is 5.19. The summed E-state index contributed by atoms with van der Waals surface area (Å²) < 4.78 is 0. The van der Waals surface area contributed by atoms with E-state index in [1.165, 1.54) is 36.0 Å². The first kappa shape index (κ1) is 41.3. The molecule has 57 heavy (non-hydrogen) atoms. The van der Waals surface area contributed by atoms with Crippen LogP contribution >= 0.6 is 0 Å². The number of benzene rings is 3. The number of rotatable bonds is 0. The summed E-state index contributed by atoms with van der Waals surface area (Å²) in [6.45, 7) is 0. The number of pyridine rings is 6. The van der Waals surface area contributed by atoms with Crippen LogP contribution in [0.2, 0.25) is 0 Å². The maximum Gasteiger partial charge on any atom is 2.00 e. The number of hydrogen-bond donors (Lipinski definition) is 0. The van der Waals surface area contributed by atoms with Crippen molar-refractivity contribution in [1.29, 1.82) is 21.0 Å². The second kappa shape index (κ2) is 21.3. The van der Waals surface area contributed by atoms with Gasteiger partial charge in [-0.05, 0) is 36.4 Å². The smallest absolute Gasteiger partial charge is 0.762 e. The average molecular weight is 784 g/mol. The van der Waals surface area contributed by atoms with E-state index in [-0.39, 0.29) is 17.1 Å². The topological polar surface area (TPSA) is 217 Å². The van der Waals surface area contributed by atoms with Crippen LogP contribution in [-0.4, -0.2) is 41.6 Å².